The van der Waals surface area contributed by atoms with Gasteiger partial charge < -0.3 is 5.32 Å². The van der Waals surface area contributed by atoms with Crippen LogP contribution in [0.15, 0.2) is 28.7 Å². The van der Waals surface area contributed by atoms with Crippen molar-refractivity contribution < 1.29 is 0 Å². The quantitative estimate of drug-likeness (QED) is 0.801. The molecule has 1 nitrogen and oxygen atoms in total. The van der Waals surface area contributed by atoms with Crippen molar-refractivity contribution >= 4 is 15.9 Å². The predicted octanol–water partition coefficient (Wildman–Crippen LogP) is 4.26. The molecule has 0 heterocycles. The lowest BCUT2D eigenvalue weighted by Gasteiger charge is -2.30. The van der Waals surface area contributed by atoms with Crippen LogP contribution in [0.5, 0.6) is 0 Å². The fraction of sp³-hybridized carbons (Fsp3) is 0.600. The summed E-state index contributed by atoms with van der Waals surface area (Å²) in [5, 5.41) is 3.62. The molecule has 0 aromatic heterocycles. The number of rotatable bonds is 5. The minimum Gasteiger partial charge on any atom is -0.316 e. The monoisotopic (exact) mass is 295 g/mol. The van der Waals surface area contributed by atoms with Crippen molar-refractivity contribution in [2.75, 3.05) is 13.1 Å². The molecule has 1 aromatic rings. The molecule has 0 aliphatic heterocycles. The molecule has 1 aromatic carbocycles. The zero-order valence-electron chi connectivity index (χ0n) is 10.6. The van der Waals surface area contributed by atoms with Crippen LogP contribution in [-0.4, -0.2) is 13.1 Å². The van der Waals surface area contributed by atoms with Crippen molar-refractivity contribution in [2.24, 2.45) is 0 Å². The Morgan fingerprint density at radius 1 is 1.18 bits per heavy atom. The molecule has 0 atom stereocenters. The molecule has 2 rings (SSSR count). The largest absolute Gasteiger partial charge is 0.316 e. The highest BCUT2D eigenvalue weighted by Gasteiger charge is 2.34. The summed E-state index contributed by atoms with van der Waals surface area (Å²) < 4.78 is 1.18. The Bertz CT molecular complexity index is 338. The van der Waals surface area contributed by atoms with E-state index in [0.717, 1.165) is 13.1 Å². The van der Waals surface area contributed by atoms with Crippen LogP contribution in [0.4, 0.5) is 0 Å². The van der Waals surface area contributed by atoms with E-state index in [0.29, 0.717) is 5.41 Å². The predicted molar refractivity (Wildman–Crippen MR) is 77.4 cm³/mol. The van der Waals surface area contributed by atoms with Crippen LogP contribution >= 0.6 is 15.9 Å². The first-order valence-corrected chi connectivity index (χ1v) is 7.53. The Balaban J connectivity index is 2.12. The first-order chi connectivity index (χ1) is 8.27. The van der Waals surface area contributed by atoms with E-state index in [-0.39, 0.29) is 0 Å². The molecule has 1 aliphatic rings. The average molecular weight is 296 g/mol. The SMILES string of the molecule is CCCNCC1(c2ccc(Br)cc2)CCCC1. The van der Waals surface area contributed by atoms with E-state index < -0.39 is 0 Å². The molecule has 2 heteroatoms. The minimum absolute atomic E-state index is 0.399. The van der Waals surface area contributed by atoms with E-state index in [1.54, 1.807) is 0 Å². The van der Waals surface area contributed by atoms with Gasteiger partial charge in [0, 0.05) is 16.4 Å². The summed E-state index contributed by atoms with van der Waals surface area (Å²) in [6.07, 6.45) is 6.65. The molecule has 0 saturated heterocycles. The van der Waals surface area contributed by atoms with Crippen LogP contribution in [0, 0.1) is 0 Å². The number of nitrogens with one attached hydrogen (secondary N) is 1. The van der Waals surface area contributed by atoms with Crippen LogP contribution in [0.3, 0.4) is 0 Å². The van der Waals surface area contributed by atoms with Gasteiger partial charge in [-0.3, -0.25) is 0 Å². The normalized spacial score (nSPS) is 18.5. The van der Waals surface area contributed by atoms with E-state index in [1.165, 1.54) is 42.1 Å². The Labute approximate surface area is 113 Å². The molecule has 0 amide bonds. The van der Waals surface area contributed by atoms with Crippen LogP contribution in [-0.2, 0) is 5.41 Å². The van der Waals surface area contributed by atoms with E-state index in [9.17, 15) is 0 Å². The van der Waals surface area contributed by atoms with Crippen LogP contribution in [0.2, 0.25) is 0 Å². The molecule has 17 heavy (non-hydrogen) atoms. The van der Waals surface area contributed by atoms with Crippen molar-refractivity contribution in [2.45, 2.75) is 44.4 Å². The second-order valence-corrected chi connectivity index (χ2v) is 6.09. The average Bonchev–Trinajstić information content (AvgIpc) is 2.80. The van der Waals surface area contributed by atoms with E-state index in [2.05, 4.69) is 52.4 Å². The van der Waals surface area contributed by atoms with Gasteiger partial charge in [-0.25, -0.2) is 0 Å². The third-order valence-corrected chi connectivity index (χ3v) is 4.44. The standard InChI is InChI=1S/C15H22BrN/c1-2-11-17-12-15(9-3-4-10-15)13-5-7-14(16)8-6-13/h5-8,17H,2-4,9-12H2,1H3. The summed E-state index contributed by atoms with van der Waals surface area (Å²) in [7, 11) is 0. The molecular weight excluding hydrogens is 274 g/mol. The number of benzene rings is 1. The molecule has 0 radical (unpaired) electrons. The maximum absolute atomic E-state index is 3.62. The maximum Gasteiger partial charge on any atom is 0.0175 e. The zero-order chi connectivity index (χ0) is 12.1. The van der Waals surface area contributed by atoms with Crippen molar-refractivity contribution in [3.8, 4) is 0 Å². The Morgan fingerprint density at radius 2 is 1.82 bits per heavy atom. The number of hydrogen-bond acceptors (Lipinski definition) is 1. The van der Waals surface area contributed by atoms with E-state index in [1.807, 2.05) is 0 Å². The van der Waals surface area contributed by atoms with Crippen LogP contribution in [0.25, 0.3) is 0 Å². The molecule has 0 bridgehead atoms. The summed E-state index contributed by atoms with van der Waals surface area (Å²) in [6, 6.07) is 8.94. The van der Waals surface area contributed by atoms with Gasteiger partial charge in [0.1, 0.15) is 0 Å². The Kier molecular flexibility index (Phi) is 4.63. The van der Waals surface area contributed by atoms with Crippen molar-refractivity contribution in [1.29, 1.82) is 0 Å². The van der Waals surface area contributed by atoms with E-state index in [4.69, 9.17) is 0 Å². The lowest BCUT2D eigenvalue weighted by molar-refractivity contribution is 0.405. The lowest BCUT2D eigenvalue weighted by Crippen LogP contribution is -2.36. The molecule has 0 unspecified atom stereocenters. The second-order valence-electron chi connectivity index (χ2n) is 5.17. The van der Waals surface area contributed by atoms with Gasteiger partial charge in [0.05, 0.1) is 0 Å². The molecule has 94 valence electrons. The van der Waals surface area contributed by atoms with Crippen molar-refractivity contribution in [3.63, 3.8) is 0 Å². The Morgan fingerprint density at radius 3 is 2.41 bits per heavy atom. The number of halogens is 1. The summed E-state index contributed by atoms with van der Waals surface area (Å²) in [4.78, 5) is 0. The highest BCUT2D eigenvalue weighted by molar-refractivity contribution is 9.10. The fourth-order valence-electron chi connectivity index (χ4n) is 2.93. The summed E-state index contributed by atoms with van der Waals surface area (Å²) in [5.74, 6) is 0. The van der Waals surface area contributed by atoms with Gasteiger partial charge in [-0.1, -0.05) is 47.8 Å². The van der Waals surface area contributed by atoms with E-state index >= 15 is 0 Å². The van der Waals surface area contributed by atoms with Crippen LogP contribution < -0.4 is 5.32 Å². The van der Waals surface area contributed by atoms with Crippen molar-refractivity contribution in [1.82, 2.24) is 5.32 Å². The van der Waals surface area contributed by atoms with Crippen LogP contribution in [0.1, 0.15) is 44.6 Å². The highest BCUT2D eigenvalue weighted by Crippen LogP contribution is 2.40. The van der Waals surface area contributed by atoms with Gasteiger partial charge in [-0.2, -0.15) is 0 Å². The third kappa shape index (κ3) is 3.11. The van der Waals surface area contributed by atoms with Gasteiger partial charge in [0.15, 0.2) is 0 Å². The van der Waals surface area contributed by atoms with Crippen molar-refractivity contribution in [3.05, 3.63) is 34.3 Å². The molecular formula is C15H22BrN. The van der Waals surface area contributed by atoms with Gasteiger partial charge in [-0.05, 0) is 43.5 Å². The lowest BCUT2D eigenvalue weighted by atomic mass is 9.79. The second kappa shape index (κ2) is 6.01. The summed E-state index contributed by atoms with van der Waals surface area (Å²) in [5.41, 5.74) is 1.91. The van der Waals surface area contributed by atoms with Gasteiger partial charge in [-0.15, -0.1) is 0 Å². The minimum atomic E-state index is 0.399. The molecule has 1 aliphatic carbocycles. The zero-order valence-corrected chi connectivity index (χ0v) is 12.2. The topological polar surface area (TPSA) is 12.0 Å². The maximum atomic E-state index is 3.62. The first-order valence-electron chi connectivity index (χ1n) is 6.74. The molecule has 1 saturated carbocycles. The highest BCUT2D eigenvalue weighted by atomic mass is 79.9. The van der Waals surface area contributed by atoms with Gasteiger partial charge in [0.2, 0.25) is 0 Å². The Hall–Kier alpha value is -0.340. The van der Waals surface area contributed by atoms with Gasteiger partial charge in [0.25, 0.3) is 0 Å². The summed E-state index contributed by atoms with van der Waals surface area (Å²) >= 11 is 3.52. The third-order valence-electron chi connectivity index (χ3n) is 3.91. The molecule has 1 N–H and O–H groups in total. The molecule has 1 fully saturated rings. The smallest absolute Gasteiger partial charge is 0.0175 e. The number of hydrogen-bond donors (Lipinski definition) is 1. The molecule has 0 spiro atoms. The fourth-order valence-corrected chi connectivity index (χ4v) is 3.19. The van der Waals surface area contributed by atoms with Gasteiger partial charge >= 0.3 is 0 Å². The first kappa shape index (κ1) is 13.1. The summed E-state index contributed by atoms with van der Waals surface area (Å²) in [6.45, 7) is 4.51.